The highest BCUT2D eigenvalue weighted by atomic mass is 32.1. The Hall–Kier alpha value is -4.30. The van der Waals surface area contributed by atoms with Crippen molar-refractivity contribution in [2.75, 3.05) is 11.9 Å². The number of benzene rings is 1. The number of rotatable bonds is 8. The summed E-state index contributed by atoms with van der Waals surface area (Å²) >= 11 is 1.09. The van der Waals surface area contributed by atoms with Crippen LogP contribution in [0.5, 0.6) is 0 Å². The Bertz CT molecular complexity index is 1530. The van der Waals surface area contributed by atoms with E-state index in [1.807, 2.05) is 36.4 Å². The first-order valence-corrected chi connectivity index (χ1v) is 12.1. The normalized spacial score (nSPS) is 11.7. The zero-order valence-corrected chi connectivity index (χ0v) is 20.8. The molecule has 1 N–H and O–H groups in total. The second kappa shape index (κ2) is 10.5. The zero-order chi connectivity index (χ0) is 25.8. The predicted molar refractivity (Wildman–Crippen MR) is 135 cm³/mol. The molecule has 0 radical (unpaired) electrons. The second-order valence-electron chi connectivity index (χ2n) is 8.12. The molecule has 0 aliphatic heterocycles. The molecule has 4 aromatic rings. The molecule has 11 heteroatoms. The van der Waals surface area contributed by atoms with Gasteiger partial charge < -0.3 is 10.1 Å². The summed E-state index contributed by atoms with van der Waals surface area (Å²) in [6.45, 7) is 3.66. The van der Waals surface area contributed by atoms with Crippen molar-refractivity contribution in [1.82, 2.24) is 19.3 Å². The monoisotopic (exact) mass is 504 g/mol. The van der Waals surface area contributed by atoms with E-state index in [1.54, 1.807) is 20.9 Å². The third-order valence-electron chi connectivity index (χ3n) is 5.85. The van der Waals surface area contributed by atoms with Crippen molar-refractivity contribution < 1.29 is 14.3 Å². The molecule has 0 spiro atoms. The van der Waals surface area contributed by atoms with E-state index in [0.29, 0.717) is 28.1 Å². The number of nitrogens with one attached hydrogen (secondary N) is 1. The van der Waals surface area contributed by atoms with Crippen molar-refractivity contribution in [2.45, 2.75) is 32.7 Å². The predicted octanol–water partition coefficient (Wildman–Crippen LogP) is 3.36. The van der Waals surface area contributed by atoms with Crippen LogP contribution in [0.1, 0.15) is 45.7 Å². The first kappa shape index (κ1) is 24.8. The summed E-state index contributed by atoms with van der Waals surface area (Å²) in [5.74, 6) is -0.744. The van der Waals surface area contributed by atoms with Gasteiger partial charge in [0.15, 0.2) is 0 Å². The summed E-state index contributed by atoms with van der Waals surface area (Å²) in [6, 6.07) is 10.8. The summed E-state index contributed by atoms with van der Waals surface area (Å²) in [4.78, 5) is 44.3. The summed E-state index contributed by atoms with van der Waals surface area (Å²) in [6.07, 6.45) is 3.55. The van der Waals surface area contributed by atoms with Crippen LogP contribution in [0.3, 0.4) is 0 Å². The summed E-state index contributed by atoms with van der Waals surface area (Å²) < 4.78 is 8.08. The van der Waals surface area contributed by atoms with Crippen molar-refractivity contribution in [1.29, 1.82) is 5.26 Å². The number of ether oxygens (including phenoxy) is 1. The number of nitrogens with zero attached hydrogens (tertiary/aromatic N) is 5. The number of esters is 1. The fourth-order valence-electron chi connectivity index (χ4n) is 3.90. The molecule has 0 saturated heterocycles. The van der Waals surface area contributed by atoms with Crippen LogP contribution in [0.4, 0.5) is 5.82 Å². The molecule has 10 nitrogen and oxygen atoms in total. The van der Waals surface area contributed by atoms with Gasteiger partial charge in [0.25, 0.3) is 5.56 Å². The Morgan fingerprint density at radius 3 is 2.72 bits per heavy atom. The number of nitriles is 1. The fraction of sp³-hybridized carbons (Fsp3) is 0.280. The Labute approximate surface area is 210 Å². The summed E-state index contributed by atoms with van der Waals surface area (Å²) in [7, 11) is 1.60. The molecule has 0 bridgehead atoms. The average Bonchev–Trinajstić information content (AvgIpc) is 3.41. The maximum absolute atomic E-state index is 13.4. The van der Waals surface area contributed by atoms with Crippen molar-refractivity contribution in [3.8, 4) is 6.07 Å². The van der Waals surface area contributed by atoms with Gasteiger partial charge in [-0.2, -0.15) is 10.4 Å². The molecule has 1 aromatic carbocycles. The number of carbonyl (C=O) groups excluding carboxylic acids is 2. The molecule has 1 amide bonds. The molecule has 0 saturated carbocycles. The van der Waals surface area contributed by atoms with Crippen LogP contribution in [0.2, 0.25) is 0 Å². The van der Waals surface area contributed by atoms with E-state index in [4.69, 9.17) is 4.74 Å². The van der Waals surface area contributed by atoms with E-state index in [-0.39, 0.29) is 23.4 Å². The number of carbonyl (C=O) groups is 2. The summed E-state index contributed by atoms with van der Waals surface area (Å²) in [5.41, 5.74) is 1.32. The Kier molecular flexibility index (Phi) is 7.26. The average molecular weight is 505 g/mol. The third-order valence-corrected chi connectivity index (χ3v) is 7.03. The maximum Gasteiger partial charge on any atom is 0.348 e. The van der Waals surface area contributed by atoms with Gasteiger partial charge in [-0.15, -0.1) is 11.3 Å². The van der Waals surface area contributed by atoms with Crippen molar-refractivity contribution in [3.05, 3.63) is 74.8 Å². The molecule has 36 heavy (non-hydrogen) atoms. The number of hydrogen-bond donors (Lipinski definition) is 1. The minimum absolute atomic E-state index is 0.213. The van der Waals surface area contributed by atoms with Crippen LogP contribution in [-0.4, -0.2) is 37.8 Å². The number of aryl methyl sites for hydroxylation is 2. The first-order chi connectivity index (χ1) is 17.3. The molecular formula is C25H24N6O4S. The lowest BCUT2D eigenvalue weighted by molar-refractivity contribution is -0.119. The second-order valence-corrected chi connectivity index (χ2v) is 9.12. The van der Waals surface area contributed by atoms with Gasteiger partial charge in [0.05, 0.1) is 24.5 Å². The molecule has 1 unspecified atom stereocenters. The quantitative estimate of drug-likeness (QED) is 0.364. The van der Waals surface area contributed by atoms with Crippen molar-refractivity contribution in [2.24, 2.45) is 7.05 Å². The van der Waals surface area contributed by atoms with E-state index in [1.165, 1.54) is 21.8 Å². The van der Waals surface area contributed by atoms with E-state index >= 15 is 0 Å². The van der Waals surface area contributed by atoms with Crippen LogP contribution in [0.25, 0.3) is 10.2 Å². The molecule has 4 rings (SSSR count). The maximum atomic E-state index is 13.4. The molecule has 3 aromatic heterocycles. The Balaban J connectivity index is 1.58. The molecule has 0 aliphatic rings. The number of fused-ring (bicyclic) bond motifs is 1. The van der Waals surface area contributed by atoms with Crippen LogP contribution in [0, 0.1) is 18.3 Å². The standard InChI is InChI=1S/C25H24N6O4S/c1-4-18(22(32)29-21-17(12-26)13-28-30(21)3)31-14-27-23-19(24(31)33)15(2)20(36-23)25(34)35-11-10-16-8-6-5-7-9-16/h5-9,13-14,18H,4,10-11H2,1-3H3,(H,29,32). The molecule has 1 atom stereocenters. The van der Waals surface area contributed by atoms with Crippen molar-refractivity contribution in [3.63, 3.8) is 0 Å². The lowest BCUT2D eigenvalue weighted by Crippen LogP contribution is -2.33. The van der Waals surface area contributed by atoms with Gasteiger partial charge in [0.1, 0.15) is 33.2 Å². The number of aromatic nitrogens is 4. The number of amides is 1. The zero-order valence-electron chi connectivity index (χ0n) is 20.0. The highest BCUT2D eigenvalue weighted by Crippen LogP contribution is 2.28. The highest BCUT2D eigenvalue weighted by Gasteiger charge is 2.26. The number of anilines is 1. The van der Waals surface area contributed by atoms with Gasteiger partial charge in [-0.25, -0.2) is 9.78 Å². The minimum Gasteiger partial charge on any atom is -0.461 e. The molecule has 0 fully saturated rings. The number of thiophene rings is 1. The van der Waals surface area contributed by atoms with E-state index in [0.717, 1.165) is 16.9 Å². The van der Waals surface area contributed by atoms with Gasteiger partial charge in [0.2, 0.25) is 5.91 Å². The molecule has 0 aliphatic carbocycles. The Morgan fingerprint density at radius 2 is 2.03 bits per heavy atom. The highest BCUT2D eigenvalue weighted by molar-refractivity contribution is 7.20. The first-order valence-electron chi connectivity index (χ1n) is 11.3. The molecular weight excluding hydrogens is 480 g/mol. The summed E-state index contributed by atoms with van der Waals surface area (Å²) in [5, 5.41) is 16.2. The van der Waals surface area contributed by atoms with Gasteiger partial charge >= 0.3 is 5.97 Å². The van der Waals surface area contributed by atoms with E-state index < -0.39 is 23.5 Å². The van der Waals surface area contributed by atoms with E-state index in [9.17, 15) is 19.6 Å². The van der Waals surface area contributed by atoms with Crippen LogP contribution in [-0.2, 0) is 23.0 Å². The fourth-order valence-corrected chi connectivity index (χ4v) is 4.93. The van der Waals surface area contributed by atoms with Crippen molar-refractivity contribution >= 4 is 39.2 Å². The van der Waals surface area contributed by atoms with Crippen LogP contribution < -0.4 is 10.9 Å². The SMILES string of the molecule is CCC(C(=O)Nc1c(C#N)cnn1C)n1cnc2sc(C(=O)OCCc3ccccc3)c(C)c2c1=O. The van der Waals surface area contributed by atoms with Gasteiger partial charge in [-0.3, -0.25) is 18.8 Å². The minimum atomic E-state index is -0.878. The molecule has 3 heterocycles. The van der Waals surface area contributed by atoms with Gasteiger partial charge in [0, 0.05) is 13.5 Å². The van der Waals surface area contributed by atoms with Crippen LogP contribution >= 0.6 is 11.3 Å². The lowest BCUT2D eigenvalue weighted by atomic mass is 10.1. The topological polar surface area (TPSA) is 132 Å². The number of hydrogen-bond acceptors (Lipinski definition) is 8. The lowest BCUT2D eigenvalue weighted by Gasteiger charge is -2.17. The van der Waals surface area contributed by atoms with E-state index in [2.05, 4.69) is 15.4 Å². The van der Waals surface area contributed by atoms with Crippen LogP contribution in [0.15, 0.2) is 47.7 Å². The van der Waals surface area contributed by atoms with Gasteiger partial charge in [-0.1, -0.05) is 37.3 Å². The smallest absolute Gasteiger partial charge is 0.348 e. The third kappa shape index (κ3) is 4.76. The Morgan fingerprint density at radius 1 is 1.28 bits per heavy atom. The largest absolute Gasteiger partial charge is 0.461 e. The van der Waals surface area contributed by atoms with Gasteiger partial charge in [-0.05, 0) is 24.5 Å². The molecule has 184 valence electrons.